The van der Waals surface area contributed by atoms with Gasteiger partial charge in [-0.2, -0.15) is 0 Å². The smallest absolute Gasteiger partial charge is 0.333 e. The Balaban J connectivity index is 2.34. The van der Waals surface area contributed by atoms with Crippen molar-refractivity contribution in [1.82, 2.24) is 14.5 Å². The third-order valence-electron chi connectivity index (χ3n) is 2.78. The highest BCUT2D eigenvalue weighted by Gasteiger charge is 2.18. The zero-order valence-corrected chi connectivity index (χ0v) is 9.40. The van der Waals surface area contributed by atoms with Crippen LogP contribution in [-0.2, 0) is 14.1 Å². The second-order valence-corrected chi connectivity index (χ2v) is 3.95. The van der Waals surface area contributed by atoms with E-state index in [0.717, 1.165) is 24.1 Å². The van der Waals surface area contributed by atoms with Gasteiger partial charge in [0, 0.05) is 20.6 Å². The lowest BCUT2D eigenvalue weighted by Gasteiger charge is -2.15. The Morgan fingerprint density at radius 3 is 2.75 bits per heavy atom. The number of nitrogens with one attached hydrogen (secondary N) is 1. The summed E-state index contributed by atoms with van der Waals surface area (Å²) in [5.74, 6) is 0.335. The fourth-order valence-electron chi connectivity index (χ4n) is 1.73. The standard InChI is InChI=1S/C10H15N3O3/c1-12-8(14)5-9(13(2)10(12)15)16-7-3-4-11-6-7/h5,7,11H,3-4,6H2,1-2H3. The van der Waals surface area contributed by atoms with Gasteiger partial charge in [-0.15, -0.1) is 0 Å². The lowest BCUT2D eigenvalue weighted by Crippen LogP contribution is -2.37. The van der Waals surface area contributed by atoms with Gasteiger partial charge in [0.1, 0.15) is 6.10 Å². The van der Waals surface area contributed by atoms with Crippen LogP contribution in [-0.4, -0.2) is 28.3 Å². The Labute approximate surface area is 92.5 Å². The van der Waals surface area contributed by atoms with Crippen molar-refractivity contribution in [2.45, 2.75) is 12.5 Å². The van der Waals surface area contributed by atoms with Crippen LogP contribution in [0.25, 0.3) is 0 Å². The van der Waals surface area contributed by atoms with Gasteiger partial charge in [0.05, 0.1) is 6.07 Å². The molecule has 0 radical (unpaired) electrons. The normalized spacial score (nSPS) is 20.0. The molecule has 2 rings (SSSR count). The third-order valence-corrected chi connectivity index (χ3v) is 2.78. The molecule has 1 saturated heterocycles. The van der Waals surface area contributed by atoms with Crippen LogP contribution in [0.2, 0.25) is 0 Å². The van der Waals surface area contributed by atoms with Crippen molar-refractivity contribution in [3.8, 4) is 5.88 Å². The Morgan fingerprint density at radius 1 is 1.38 bits per heavy atom. The quantitative estimate of drug-likeness (QED) is 0.688. The van der Waals surface area contributed by atoms with E-state index in [1.54, 1.807) is 7.05 Å². The van der Waals surface area contributed by atoms with Crippen molar-refractivity contribution in [3.63, 3.8) is 0 Å². The van der Waals surface area contributed by atoms with E-state index < -0.39 is 0 Å². The highest BCUT2D eigenvalue weighted by Crippen LogP contribution is 2.10. The van der Waals surface area contributed by atoms with Gasteiger partial charge in [0.2, 0.25) is 5.88 Å². The topological polar surface area (TPSA) is 65.3 Å². The molecule has 1 unspecified atom stereocenters. The number of nitrogens with zero attached hydrogens (tertiary/aromatic N) is 2. The van der Waals surface area contributed by atoms with Gasteiger partial charge in [-0.3, -0.25) is 13.9 Å². The van der Waals surface area contributed by atoms with Gasteiger partial charge < -0.3 is 10.1 Å². The number of ether oxygens (including phenoxy) is 1. The molecule has 1 aliphatic rings. The molecule has 0 amide bonds. The first-order chi connectivity index (χ1) is 7.59. The minimum atomic E-state index is -0.367. The van der Waals surface area contributed by atoms with Crippen LogP contribution in [0.3, 0.4) is 0 Å². The van der Waals surface area contributed by atoms with Crippen LogP contribution < -0.4 is 21.3 Å². The SMILES string of the molecule is Cn1c(OC2CCNC2)cc(=O)n(C)c1=O. The molecule has 0 bridgehead atoms. The van der Waals surface area contributed by atoms with E-state index in [1.165, 1.54) is 17.7 Å². The van der Waals surface area contributed by atoms with E-state index in [2.05, 4.69) is 5.32 Å². The maximum atomic E-state index is 11.6. The molecule has 16 heavy (non-hydrogen) atoms. The van der Waals surface area contributed by atoms with Gasteiger partial charge in [-0.05, 0) is 13.0 Å². The van der Waals surface area contributed by atoms with Crippen molar-refractivity contribution in [1.29, 1.82) is 0 Å². The fourth-order valence-corrected chi connectivity index (χ4v) is 1.73. The lowest BCUT2D eigenvalue weighted by molar-refractivity contribution is 0.202. The molecule has 0 saturated carbocycles. The lowest BCUT2D eigenvalue weighted by atomic mass is 10.3. The average molecular weight is 225 g/mol. The van der Waals surface area contributed by atoms with Gasteiger partial charge in [0.15, 0.2) is 0 Å². The molecule has 88 valence electrons. The molecule has 6 nitrogen and oxygen atoms in total. The first-order valence-electron chi connectivity index (χ1n) is 5.24. The van der Waals surface area contributed by atoms with Gasteiger partial charge in [-0.25, -0.2) is 4.79 Å². The molecule has 0 aromatic carbocycles. The molecule has 6 heteroatoms. The van der Waals surface area contributed by atoms with Gasteiger partial charge in [-0.1, -0.05) is 0 Å². The molecule has 2 heterocycles. The predicted octanol–water partition coefficient (Wildman–Crippen LogP) is -1.18. The number of hydrogen-bond donors (Lipinski definition) is 1. The highest BCUT2D eigenvalue weighted by atomic mass is 16.5. The van der Waals surface area contributed by atoms with Crippen molar-refractivity contribution < 1.29 is 4.74 Å². The molecule has 1 atom stereocenters. The van der Waals surface area contributed by atoms with Crippen LogP contribution in [0.15, 0.2) is 15.7 Å². The zero-order chi connectivity index (χ0) is 11.7. The second kappa shape index (κ2) is 4.13. The molecule has 0 aliphatic carbocycles. The monoisotopic (exact) mass is 225 g/mol. The van der Waals surface area contributed by atoms with Crippen molar-refractivity contribution >= 4 is 0 Å². The maximum Gasteiger partial charge on any atom is 0.333 e. The number of aromatic nitrogens is 2. The molecule has 0 spiro atoms. The summed E-state index contributed by atoms with van der Waals surface area (Å²) < 4.78 is 8.01. The van der Waals surface area contributed by atoms with Crippen molar-refractivity contribution in [2.75, 3.05) is 13.1 Å². The third kappa shape index (κ3) is 1.88. The zero-order valence-electron chi connectivity index (χ0n) is 9.40. The summed E-state index contributed by atoms with van der Waals surface area (Å²) in [5, 5.41) is 3.16. The Morgan fingerprint density at radius 2 is 2.12 bits per heavy atom. The van der Waals surface area contributed by atoms with Gasteiger partial charge in [0.25, 0.3) is 5.56 Å². The van der Waals surface area contributed by atoms with E-state index in [4.69, 9.17) is 4.74 Å². The fraction of sp³-hybridized carbons (Fsp3) is 0.600. The van der Waals surface area contributed by atoms with Crippen LogP contribution >= 0.6 is 0 Å². The molecule has 1 fully saturated rings. The largest absolute Gasteiger partial charge is 0.474 e. The molecule has 1 aromatic rings. The second-order valence-electron chi connectivity index (χ2n) is 3.95. The van der Waals surface area contributed by atoms with Crippen molar-refractivity contribution in [3.05, 3.63) is 26.9 Å². The minimum Gasteiger partial charge on any atom is -0.474 e. The van der Waals surface area contributed by atoms with Crippen LogP contribution in [0.1, 0.15) is 6.42 Å². The first-order valence-corrected chi connectivity index (χ1v) is 5.24. The Hall–Kier alpha value is -1.56. The summed E-state index contributed by atoms with van der Waals surface area (Å²) >= 11 is 0. The van der Waals surface area contributed by atoms with E-state index in [0.29, 0.717) is 5.88 Å². The molecule has 1 N–H and O–H groups in total. The summed E-state index contributed by atoms with van der Waals surface area (Å²) in [6.45, 7) is 1.66. The summed E-state index contributed by atoms with van der Waals surface area (Å²) in [5.41, 5.74) is -0.711. The van der Waals surface area contributed by atoms with E-state index >= 15 is 0 Å². The van der Waals surface area contributed by atoms with Crippen molar-refractivity contribution in [2.24, 2.45) is 14.1 Å². The Kier molecular flexibility index (Phi) is 2.82. The van der Waals surface area contributed by atoms with Crippen LogP contribution in [0.4, 0.5) is 0 Å². The van der Waals surface area contributed by atoms with Gasteiger partial charge >= 0.3 is 5.69 Å². The van der Waals surface area contributed by atoms with E-state index in [1.807, 2.05) is 0 Å². The molecule has 1 aliphatic heterocycles. The van der Waals surface area contributed by atoms with Crippen LogP contribution in [0, 0.1) is 0 Å². The Bertz CT molecular complexity index is 497. The van der Waals surface area contributed by atoms with Crippen LogP contribution in [0.5, 0.6) is 5.88 Å². The number of hydrogen-bond acceptors (Lipinski definition) is 4. The maximum absolute atomic E-state index is 11.6. The summed E-state index contributed by atoms with van der Waals surface area (Å²) in [7, 11) is 3.05. The molecular weight excluding hydrogens is 210 g/mol. The average Bonchev–Trinajstić information content (AvgIpc) is 2.76. The molecular formula is C10H15N3O3. The first kappa shape index (κ1) is 10.9. The van der Waals surface area contributed by atoms with E-state index in [-0.39, 0.29) is 17.4 Å². The predicted molar refractivity (Wildman–Crippen MR) is 58.8 cm³/mol. The summed E-state index contributed by atoms with van der Waals surface area (Å²) in [6, 6.07) is 1.35. The summed E-state index contributed by atoms with van der Waals surface area (Å²) in [4.78, 5) is 23.1. The molecule has 1 aromatic heterocycles. The minimum absolute atomic E-state index is 0.0395. The summed E-state index contributed by atoms with van der Waals surface area (Å²) in [6.07, 6.45) is 0.932. The highest BCUT2D eigenvalue weighted by molar-refractivity contribution is 5.09. The van der Waals surface area contributed by atoms with E-state index in [9.17, 15) is 9.59 Å². The number of rotatable bonds is 2.